The molecule has 1 fully saturated rings. The molecule has 0 aliphatic carbocycles. The third-order valence-electron chi connectivity index (χ3n) is 4.71. The van der Waals surface area contributed by atoms with E-state index in [0.29, 0.717) is 5.92 Å². The molecule has 3 heterocycles. The maximum Gasteiger partial charge on any atom is 0.355 e. The molecule has 0 bridgehead atoms. The van der Waals surface area contributed by atoms with Gasteiger partial charge in [-0.1, -0.05) is 6.92 Å². The van der Waals surface area contributed by atoms with E-state index in [0.717, 1.165) is 37.5 Å². The molecular formula is C17H24N4O2S. The lowest BCUT2D eigenvalue weighted by Crippen LogP contribution is -2.35. The van der Waals surface area contributed by atoms with Crippen molar-refractivity contribution in [1.82, 2.24) is 19.7 Å². The van der Waals surface area contributed by atoms with Crippen molar-refractivity contribution in [2.75, 3.05) is 13.1 Å². The molecule has 0 radical (unpaired) electrons. The number of carboxylic acid groups (broad SMARTS) is 1. The first-order chi connectivity index (χ1) is 11.6. The number of piperidine rings is 1. The second kappa shape index (κ2) is 7.44. The molecule has 1 saturated heterocycles. The SMILES string of the molecule is CCc1c(CN2CCCC(Cc3nc(C(=O)O)cs3)C2)cnn1C. The number of carboxylic acids is 1. The van der Waals surface area contributed by atoms with Crippen LogP contribution in [0.1, 0.15) is 46.5 Å². The number of rotatable bonds is 6. The van der Waals surface area contributed by atoms with Crippen LogP contribution in [-0.4, -0.2) is 43.8 Å². The summed E-state index contributed by atoms with van der Waals surface area (Å²) in [6, 6.07) is 0. The van der Waals surface area contributed by atoms with Crippen molar-refractivity contribution in [3.63, 3.8) is 0 Å². The highest BCUT2D eigenvalue weighted by atomic mass is 32.1. The Bertz CT molecular complexity index is 709. The number of aromatic carboxylic acids is 1. The van der Waals surface area contributed by atoms with Crippen LogP contribution in [0.4, 0.5) is 0 Å². The lowest BCUT2D eigenvalue weighted by Gasteiger charge is -2.32. The molecule has 24 heavy (non-hydrogen) atoms. The fourth-order valence-electron chi connectivity index (χ4n) is 3.55. The van der Waals surface area contributed by atoms with Crippen LogP contribution in [-0.2, 0) is 26.4 Å². The number of aryl methyl sites for hydroxylation is 1. The van der Waals surface area contributed by atoms with E-state index in [4.69, 9.17) is 5.11 Å². The van der Waals surface area contributed by atoms with Crippen LogP contribution in [0.25, 0.3) is 0 Å². The Morgan fingerprint density at radius 1 is 1.50 bits per heavy atom. The van der Waals surface area contributed by atoms with Crippen LogP contribution in [0, 0.1) is 5.92 Å². The summed E-state index contributed by atoms with van der Waals surface area (Å²) in [6.07, 6.45) is 6.24. The standard InChI is InChI=1S/C17H24N4O2S/c1-3-15-13(8-18-20(15)2)10-21-6-4-5-12(9-21)7-16-19-14(11-24-16)17(22)23/h8,11-12H,3-7,9-10H2,1-2H3,(H,22,23). The normalized spacial score (nSPS) is 18.8. The fraction of sp³-hybridized carbons (Fsp3) is 0.588. The molecule has 0 amide bonds. The zero-order valence-corrected chi connectivity index (χ0v) is 15.1. The molecule has 1 N–H and O–H groups in total. The molecule has 1 atom stereocenters. The van der Waals surface area contributed by atoms with E-state index < -0.39 is 5.97 Å². The predicted molar refractivity (Wildman–Crippen MR) is 93.4 cm³/mol. The maximum atomic E-state index is 11.0. The summed E-state index contributed by atoms with van der Waals surface area (Å²) in [5, 5.41) is 16.0. The molecule has 0 saturated carbocycles. The molecule has 2 aromatic rings. The van der Waals surface area contributed by atoms with Crippen LogP contribution in [0.15, 0.2) is 11.6 Å². The van der Waals surface area contributed by atoms with E-state index in [1.807, 2.05) is 17.9 Å². The van der Waals surface area contributed by atoms with Gasteiger partial charge in [-0.05, 0) is 31.7 Å². The zero-order chi connectivity index (χ0) is 17.1. The van der Waals surface area contributed by atoms with Gasteiger partial charge in [0.2, 0.25) is 0 Å². The van der Waals surface area contributed by atoms with Crippen LogP contribution < -0.4 is 0 Å². The molecule has 0 aromatic carbocycles. The first-order valence-electron chi connectivity index (χ1n) is 8.46. The molecule has 0 spiro atoms. The number of hydrogen-bond acceptors (Lipinski definition) is 5. The van der Waals surface area contributed by atoms with Crippen molar-refractivity contribution in [2.45, 2.75) is 39.2 Å². The van der Waals surface area contributed by atoms with Crippen molar-refractivity contribution >= 4 is 17.3 Å². The Balaban J connectivity index is 1.60. The molecule has 3 rings (SSSR count). The van der Waals surface area contributed by atoms with E-state index in [-0.39, 0.29) is 5.69 Å². The summed E-state index contributed by atoms with van der Waals surface area (Å²) in [6.45, 7) is 5.28. The lowest BCUT2D eigenvalue weighted by atomic mass is 9.94. The van der Waals surface area contributed by atoms with Crippen molar-refractivity contribution in [1.29, 1.82) is 0 Å². The third-order valence-corrected chi connectivity index (χ3v) is 5.59. The molecule has 7 heteroatoms. The summed E-state index contributed by atoms with van der Waals surface area (Å²) in [4.78, 5) is 17.7. The lowest BCUT2D eigenvalue weighted by molar-refractivity contribution is 0.0691. The van der Waals surface area contributed by atoms with Gasteiger partial charge in [-0.3, -0.25) is 9.58 Å². The molecule has 1 aliphatic rings. The van der Waals surface area contributed by atoms with E-state index in [1.165, 1.54) is 35.4 Å². The number of carbonyl (C=O) groups is 1. The van der Waals surface area contributed by atoms with Crippen LogP contribution in [0.5, 0.6) is 0 Å². The third kappa shape index (κ3) is 3.84. The minimum Gasteiger partial charge on any atom is -0.476 e. The van der Waals surface area contributed by atoms with Gasteiger partial charge in [0, 0.05) is 43.2 Å². The summed E-state index contributed by atoms with van der Waals surface area (Å²) in [7, 11) is 2.00. The first kappa shape index (κ1) is 17.1. The van der Waals surface area contributed by atoms with Gasteiger partial charge in [0.15, 0.2) is 5.69 Å². The predicted octanol–water partition coefficient (Wildman–Crippen LogP) is 2.59. The van der Waals surface area contributed by atoms with Crippen LogP contribution in [0.2, 0.25) is 0 Å². The van der Waals surface area contributed by atoms with Crippen LogP contribution >= 0.6 is 11.3 Å². The number of hydrogen-bond donors (Lipinski definition) is 1. The van der Waals surface area contributed by atoms with Gasteiger partial charge in [0.05, 0.1) is 11.2 Å². The van der Waals surface area contributed by atoms with Gasteiger partial charge in [-0.25, -0.2) is 9.78 Å². The van der Waals surface area contributed by atoms with Crippen molar-refractivity contribution < 1.29 is 9.90 Å². The Morgan fingerprint density at radius 3 is 3.04 bits per heavy atom. The quantitative estimate of drug-likeness (QED) is 0.869. The van der Waals surface area contributed by atoms with Crippen molar-refractivity contribution in [3.05, 3.63) is 33.5 Å². The van der Waals surface area contributed by atoms with E-state index in [9.17, 15) is 4.79 Å². The van der Waals surface area contributed by atoms with E-state index in [1.54, 1.807) is 5.38 Å². The smallest absolute Gasteiger partial charge is 0.355 e. The average molecular weight is 348 g/mol. The Morgan fingerprint density at radius 2 is 2.33 bits per heavy atom. The minimum atomic E-state index is -0.938. The summed E-state index contributed by atoms with van der Waals surface area (Å²) in [5.74, 6) is -0.389. The van der Waals surface area contributed by atoms with Gasteiger partial charge < -0.3 is 5.11 Å². The highest BCUT2D eigenvalue weighted by Gasteiger charge is 2.23. The number of likely N-dealkylation sites (tertiary alicyclic amines) is 1. The summed E-state index contributed by atoms with van der Waals surface area (Å²) >= 11 is 1.46. The Kier molecular flexibility index (Phi) is 5.30. The monoisotopic (exact) mass is 348 g/mol. The molecule has 1 unspecified atom stereocenters. The molecule has 130 valence electrons. The highest BCUT2D eigenvalue weighted by molar-refractivity contribution is 7.09. The van der Waals surface area contributed by atoms with Crippen molar-refractivity contribution in [3.8, 4) is 0 Å². The number of thiazole rings is 1. The molecular weight excluding hydrogens is 324 g/mol. The second-order valence-corrected chi connectivity index (χ2v) is 7.42. The number of nitrogens with zero attached hydrogens (tertiary/aromatic N) is 4. The van der Waals surface area contributed by atoms with Crippen LogP contribution in [0.3, 0.4) is 0 Å². The Hall–Kier alpha value is -1.73. The maximum absolute atomic E-state index is 11.0. The average Bonchev–Trinajstić information content (AvgIpc) is 3.15. The topological polar surface area (TPSA) is 71.2 Å². The highest BCUT2D eigenvalue weighted by Crippen LogP contribution is 2.24. The van der Waals surface area contributed by atoms with Crippen molar-refractivity contribution in [2.24, 2.45) is 13.0 Å². The molecule has 1 aliphatic heterocycles. The van der Waals surface area contributed by atoms with Gasteiger partial charge in [0.25, 0.3) is 0 Å². The second-order valence-electron chi connectivity index (χ2n) is 6.47. The fourth-order valence-corrected chi connectivity index (χ4v) is 4.43. The van der Waals surface area contributed by atoms with Gasteiger partial charge in [0.1, 0.15) is 0 Å². The van der Waals surface area contributed by atoms with E-state index >= 15 is 0 Å². The summed E-state index contributed by atoms with van der Waals surface area (Å²) in [5.41, 5.74) is 2.80. The van der Waals surface area contributed by atoms with Gasteiger partial charge >= 0.3 is 5.97 Å². The molecule has 2 aromatic heterocycles. The van der Waals surface area contributed by atoms with Gasteiger partial charge in [-0.15, -0.1) is 11.3 Å². The zero-order valence-electron chi connectivity index (χ0n) is 14.2. The number of aromatic nitrogens is 3. The Labute approximate surface area is 146 Å². The van der Waals surface area contributed by atoms with E-state index in [2.05, 4.69) is 21.9 Å². The first-order valence-corrected chi connectivity index (χ1v) is 9.34. The minimum absolute atomic E-state index is 0.172. The molecule has 6 nitrogen and oxygen atoms in total. The summed E-state index contributed by atoms with van der Waals surface area (Å²) < 4.78 is 1.97. The largest absolute Gasteiger partial charge is 0.476 e. The van der Waals surface area contributed by atoms with Gasteiger partial charge in [-0.2, -0.15) is 5.10 Å².